The molecule has 0 fully saturated rings. The lowest BCUT2D eigenvalue weighted by atomic mass is 9.95. The van der Waals surface area contributed by atoms with E-state index in [1.165, 1.54) is 12.1 Å². The molecule has 0 saturated heterocycles. The highest BCUT2D eigenvalue weighted by Gasteiger charge is 2.15. The summed E-state index contributed by atoms with van der Waals surface area (Å²) in [5, 5.41) is 18.7. The quantitative estimate of drug-likeness (QED) is 0.827. The first kappa shape index (κ1) is 9.85. The van der Waals surface area contributed by atoms with E-state index in [2.05, 4.69) is 0 Å². The van der Waals surface area contributed by atoms with Crippen molar-refractivity contribution in [3.05, 3.63) is 35.4 Å². The number of aliphatic carboxylic acids is 1. The van der Waals surface area contributed by atoms with E-state index in [1.807, 2.05) is 0 Å². The lowest BCUT2D eigenvalue weighted by molar-refractivity contribution is -0.138. The third-order valence-electron chi connectivity index (χ3n) is 2.20. The van der Waals surface area contributed by atoms with E-state index >= 15 is 0 Å². The van der Waals surface area contributed by atoms with E-state index in [-0.39, 0.29) is 5.56 Å². The van der Waals surface area contributed by atoms with Crippen molar-refractivity contribution < 1.29 is 17.7 Å². The molecule has 3 heteroatoms. The number of carboxylic acid groups (broad SMARTS) is 1. The van der Waals surface area contributed by atoms with Crippen LogP contribution < -0.4 is 0 Å². The molecule has 0 aliphatic rings. The van der Waals surface area contributed by atoms with Gasteiger partial charge in [0.25, 0.3) is 0 Å². The van der Waals surface area contributed by atoms with Gasteiger partial charge in [0.2, 0.25) is 0 Å². The van der Waals surface area contributed by atoms with Crippen molar-refractivity contribution in [1.29, 1.82) is 0 Å². The first-order valence-electron chi connectivity index (χ1n) is 6.24. The van der Waals surface area contributed by atoms with E-state index in [1.54, 1.807) is 26.0 Å². The van der Waals surface area contributed by atoms with Crippen molar-refractivity contribution in [1.82, 2.24) is 0 Å². The average Bonchev–Trinajstić information content (AvgIpc) is 2.26. The minimum atomic E-state index is -1.92. The molecular formula is C13H18O3. The van der Waals surface area contributed by atoms with Gasteiger partial charge >= 0.3 is 5.97 Å². The summed E-state index contributed by atoms with van der Waals surface area (Å²) in [5.74, 6) is -3.25. The molecule has 88 valence electrons. The first-order chi connectivity index (χ1) is 8.19. The van der Waals surface area contributed by atoms with Crippen LogP contribution in [0.1, 0.15) is 40.5 Å². The van der Waals surface area contributed by atoms with Crippen LogP contribution in [-0.4, -0.2) is 21.8 Å². The molecule has 1 aromatic carbocycles. The van der Waals surface area contributed by atoms with Gasteiger partial charge in [0.05, 0.1) is 11.5 Å². The van der Waals surface area contributed by atoms with Crippen molar-refractivity contribution in [2.45, 2.75) is 38.7 Å². The number of aliphatic hydroxyl groups is 1. The van der Waals surface area contributed by atoms with Crippen LogP contribution in [0.3, 0.4) is 0 Å². The molecule has 3 nitrogen and oxygen atoms in total. The summed E-state index contributed by atoms with van der Waals surface area (Å²) < 4.78 is 15.0. The lowest BCUT2D eigenvalue weighted by Gasteiger charge is -2.17. The number of carboxylic acids is 1. The van der Waals surface area contributed by atoms with Crippen molar-refractivity contribution in [2.75, 3.05) is 0 Å². The summed E-state index contributed by atoms with van der Waals surface area (Å²) in [7, 11) is 0. The molecule has 16 heavy (non-hydrogen) atoms. The van der Waals surface area contributed by atoms with E-state index < -0.39 is 24.4 Å². The minimum absolute atomic E-state index is 0.282. The van der Waals surface area contributed by atoms with Crippen LogP contribution in [0.15, 0.2) is 24.3 Å². The number of hydrogen-bond donors (Lipinski definition) is 2. The van der Waals surface area contributed by atoms with Gasteiger partial charge < -0.3 is 10.2 Å². The van der Waals surface area contributed by atoms with Gasteiger partial charge in [0.1, 0.15) is 0 Å². The van der Waals surface area contributed by atoms with E-state index in [0.29, 0.717) is 6.42 Å². The summed E-state index contributed by atoms with van der Waals surface area (Å²) in [6.45, 7) is 2.85. The minimum Gasteiger partial charge on any atom is -0.481 e. The Morgan fingerprint density at radius 3 is 2.44 bits per heavy atom. The summed E-state index contributed by atoms with van der Waals surface area (Å²) in [6, 6.07) is 6.46. The molecule has 1 aromatic rings. The summed E-state index contributed by atoms with van der Waals surface area (Å²) in [5.41, 5.74) is 0.315. The van der Waals surface area contributed by atoms with Gasteiger partial charge in [0.15, 0.2) is 0 Å². The highest BCUT2D eigenvalue weighted by Crippen LogP contribution is 2.18. The molecule has 1 unspecified atom stereocenters. The second-order valence-corrected chi connectivity index (χ2v) is 4.47. The van der Waals surface area contributed by atoms with Crippen LogP contribution in [-0.2, 0) is 11.2 Å². The SMILES string of the molecule is [3H]CC([3H])(C(=O)O)c1ccc(CC(C)(C)O)cc1. The lowest BCUT2D eigenvalue weighted by Crippen LogP contribution is -2.21. The fourth-order valence-electron chi connectivity index (χ4n) is 1.45. The second-order valence-electron chi connectivity index (χ2n) is 4.47. The van der Waals surface area contributed by atoms with Crippen LogP contribution in [0.2, 0.25) is 0 Å². The third kappa shape index (κ3) is 3.66. The van der Waals surface area contributed by atoms with E-state index in [4.69, 9.17) is 7.85 Å². The van der Waals surface area contributed by atoms with Gasteiger partial charge in [-0.3, -0.25) is 4.79 Å². The fourth-order valence-corrected chi connectivity index (χ4v) is 1.45. The van der Waals surface area contributed by atoms with Crippen LogP contribution in [0, 0.1) is 0 Å². The molecule has 0 heterocycles. The van der Waals surface area contributed by atoms with Gasteiger partial charge in [-0.05, 0) is 31.9 Å². The molecule has 0 bridgehead atoms. The molecule has 1 atom stereocenters. The Morgan fingerprint density at radius 1 is 1.50 bits per heavy atom. The summed E-state index contributed by atoms with van der Waals surface area (Å²) >= 11 is 0. The van der Waals surface area contributed by atoms with Crippen LogP contribution >= 0.6 is 0 Å². The van der Waals surface area contributed by atoms with Gasteiger partial charge in [-0.1, -0.05) is 24.3 Å². The Bertz CT molecular complexity index is 423. The monoisotopic (exact) mass is 226 g/mol. The van der Waals surface area contributed by atoms with Crippen molar-refractivity contribution >= 4 is 5.97 Å². The number of benzene rings is 1. The molecule has 2 N–H and O–H groups in total. The van der Waals surface area contributed by atoms with Gasteiger partial charge in [-0.15, -0.1) is 0 Å². The van der Waals surface area contributed by atoms with Gasteiger partial charge in [-0.2, -0.15) is 0 Å². The number of carbonyl (C=O) groups is 1. The van der Waals surface area contributed by atoms with Crippen molar-refractivity contribution in [3.8, 4) is 0 Å². The molecule has 0 radical (unpaired) electrons. The highest BCUT2D eigenvalue weighted by molar-refractivity contribution is 5.75. The predicted molar refractivity (Wildman–Crippen MR) is 62.5 cm³/mol. The maximum Gasteiger partial charge on any atom is 0.310 e. The normalized spacial score (nSPS) is 17.2. The van der Waals surface area contributed by atoms with E-state index in [0.717, 1.165) is 5.56 Å². The Morgan fingerprint density at radius 2 is 2.06 bits per heavy atom. The number of hydrogen-bond acceptors (Lipinski definition) is 2. The zero-order valence-electron chi connectivity index (χ0n) is 11.5. The van der Waals surface area contributed by atoms with Crippen LogP contribution in [0.25, 0.3) is 0 Å². The smallest absolute Gasteiger partial charge is 0.310 e. The maximum atomic E-state index is 11.0. The number of rotatable bonds is 4. The summed E-state index contributed by atoms with van der Waals surface area (Å²) in [4.78, 5) is 11.0. The zero-order valence-corrected chi connectivity index (χ0v) is 9.53. The molecule has 0 aliphatic carbocycles. The fraction of sp³-hybridized carbons (Fsp3) is 0.462. The van der Waals surface area contributed by atoms with Crippen LogP contribution in [0.5, 0.6) is 0 Å². The molecule has 0 spiro atoms. The van der Waals surface area contributed by atoms with Crippen molar-refractivity contribution in [2.24, 2.45) is 0 Å². The molecule has 0 aromatic heterocycles. The Balaban J connectivity index is 2.99. The third-order valence-corrected chi connectivity index (χ3v) is 2.20. The zero-order chi connectivity index (χ0) is 14.0. The summed E-state index contributed by atoms with van der Waals surface area (Å²) in [6.07, 6.45) is 0.451. The second kappa shape index (κ2) is 4.66. The van der Waals surface area contributed by atoms with Gasteiger partial charge in [-0.25, -0.2) is 0 Å². The topological polar surface area (TPSA) is 57.5 Å². The Kier molecular flexibility index (Phi) is 2.87. The predicted octanol–water partition coefficient (Wildman–Crippen LogP) is 2.19. The molecule has 0 aliphatic heterocycles. The molecule has 0 saturated carbocycles. The molecular weight excluding hydrogens is 204 g/mol. The van der Waals surface area contributed by atoms with Gasteiger partial charge in [0, 0.05) is 9.16 Å². The standard InChI is InChI=1S/C13H18O3/c1-9(12(14)15)11-6-4-10(5-7-11)8-13(2,3)16/h4-7,9,16H,8H2,1-3H3,(H,14,15)/i1T,9T. The molecule has 1 rings (SSSR count). The molecule has 0 amide bonds. The maximum absolute atomic E-state index is 11.0. The van der Waals surface area contributed by atoms with E-state index in [9.17, 15) is 9.90 Å². The Hall–Kier alpha value is -1.35. The largest absolute Gasteiger partial charge is 0.481 e. The first-order valence-corrected chi connectivity index (χ1v) is 5.03. The van der Waals surface area contributed by atoms with Crippen LogP contribution in [0.4, 0.5) is 0 Å². The average molecular weight is 226 g/mol. The Labute approximate surface area is 98.5 Å². The van der Waals surface area contributed by atoms with Crippen molar-refractivity contribution in [3.63, 3.8) is 0 Å². The highest BCUT2D eigenvalue weighted by atomic mass is 16.4.